The third-order valence-electron chi connectivity index (χ3n) is 2.12. The largest absolute Gasteiger partial charge is 0.394 e. The lowest BCUT2D eigenvalue weighted by molar-refractivity contribution is 0.0945. The molecule has 86 valence electrons. The molecule has 0 aliphatic heterocycles. The van der Waals surface area contributed by atoms with E-state index >= 15 is 0 Å². The Morgan fingerprint density at radius 2 is 2.40 bits per heavy atom. The summed E-state index contributed by atoms with van der Waals surface area (Å²) in [6.07, 6.45) is 4.15. The molecule has 0 bridgehead atoms. The standard InChI is InChI=1S/C10H19N3O2/c1-9-6-13(8-12-9)4-2-3-11-5-10(15)7-14/h6,8,10-11,14-15H,2-5,7H2,1H3. The molecular formula is C10H19N3O2. The number of imidazole rings is 1. The molecule has 0 fully saturated rings. The van der Waals surface area contributed by atoms with Gasteiger partial charge in [0, 0.05) is 19.3 Å². The maximum atomic E-state index is 9.05. The van der Waals surface area contributed by atoms with Crippen LogP contribution in [0.4, 0.5) is 0 Å². The molecule has 0 saturated carbocycles. The summed E-state index contributed by atoms with van der Waals surface area (Å²) in [6, 6.07) is 0. The lowest BCUT2D eigenvalue weighted by Gasteiger charge is -2.08. The van der Waals surface area contributed by atoms with Gasteiger partial charge in [-0.15, -0.1) is 0 Å². The topological polar surface area (TPSA) is 70.3 Å². The Morgan fingerprint density at radius 3 is 3.00 bits per heavy atom. The summed E-state index contributed by atoms with van der Waals surface area (Å²) in [7, 11) is 0. The minimum atomic E-state index is -0.652. The summed E-state index contributed by atoms with van der Waals surface area (Å²) in [4.78, 5) is 4.13. The molecule has 1 aromatic rings. The van der Waals surface area contributed by atoms with E-state index in [0.29, 0.717) is 6.54 Å². The van der Waals surface area contributed by atoms with Crippen LogP contribution < -0.4 is 5.32 Å². The van der Waals surface area contributed by atoms with Gasteiger partial charge in [0.15, 0.2) is 0 Å². The highest BCUT2D eigenvalue weighted by Crippen LogP contribution is 1.94. The average molecular weight is 213 g/mol. The van der Waals surface area contributed by atoms with Crippen LogP contribution in [0.15, 0.2) is 12.5 Å². The monoisotopic (exact) mass is 213 g/mol. The fourth-order valence-corrected chi connectivity index (χ4v) is 1.31. The molecule has 0 spiro atoms. The fourth-order valence-electron chi connectivity index (χ4n) is 1.31. The maximum absolute atomic E-state index is 9.05. The number of aliphatic hydroxyl groups excluding tert-OH is 2. The van der Waals surface area contributed by atoms with Crippen molar-refractivity contribution in [3.8, 4) is 0 Å². The Morgan fingerprint density at radius 1 is 1.60 bits per heavy atom. The summed E-state index contributed by atoms with van der Waals surface area (Å²) >= 11 is 0. The number of hydrogen-bond acceptors (Lipinski definition) is 4. The van der Waals surface area contributed by atoms with Gasteiger partial charge in [-0.05, 0) is 19.9 Å². The van der Waals surface area contributed by atoms with Crippen LogP contribution in [0.1, 0.15) is 12.1 Å². The van der Waals surface area contributed by atoms with Crippen LogP contribution in [-0.4, -0.2) is 45.6 Å². The Balaban J connectivity index is 2.02. The van der Waals surface area contributed by atoms with Gasteiger partial charge in [-0.1, -0.05) is 0 Å². The summed E-state index contributed by atoms with van der Waals surface area (Å²) in [5.41, 5.74) is 1.03. The van der Waals surface area contributed by atoms with Crippen LogP contribution in [0.25, 0.3) is 0 Å². The summed E-state index contributed by atoms with van der Waals surface area (Å²) in [5.74, 6) is 0. The highest BCUT2D eigenvalue weighted by atomic mass is 16.3. The Hall–Kier alpha value is -0.910. The molecule has 1 aromatic heterocycles. The Bertz CT molecular complexity index is 275. The van der Waals surface area contributed by atoms with Crippen LogP contribution in [0, 0.1) is 6.92 Å². The first kappa shape index (κ1) is 12.2. The van der Waals surface area contributed by atoms with Crippen LogP contribution in [-0.2, 0) is 6.54 Å². The average Bonchev–Trinajstić information content (AvgIpc) is 2.63. The molecule has 5 nitrogen and oxygen atoms in total. The minimum absolute atomic E-state index is 0.187. The van der Waals surface area contributed by atoms with E-state index in [1.165, 1.54) is 0 Å². The number of nitrogens with zero attached hydrogens (tertiary/aromatic N) is 2. The SMILES string of the molecule is Cc1cn(CCCNCC(O)CO)cn1. The molecule has 0 aliphatic carbocycles. The zero-order valence-corrected chi connectivity index (χ0v) is 9.06. The van der Waals surface area contributed by atoms with Gasteiger partial charge < -0.3 is 20.1 Å². The van der Waals surface area contributed by atoms with E-state index in [4.69, 9.17) is 10.2 Å². The molecule has 3 N–H and O–H groups in total. The van der Waals surface area contributed by atoms with Gasteiger partial charge in [-0.2, -0.15) is 0 Å². The third-order valence-corrected chi connectivity index (χ3v) is 2.12. The smallest absolute Gasteiger partial charge is 0.0949 e. The number of aromatic nitrogens is 2. The van der Waals surface area contributed by atoms with E-state index in [0.717, 1.165) is 25.2 Å². The van der Waals surface area contributed by atoms with Gasteiger partial charge in [0.25, 0.3) is 0 Å². The molecule has 0 radical (unpaired) electrons. The van der Waals surface area contributed by atoms with Gasteiger partial charge in [0.1, 0.15) is 0 Å². The molecule has 0 aromatic carbocycles. The minimum Gasteiger partial charge on any atom is -0.394 e. The van der Waals surface area contributed by atoms with Crippen molar-refractivity contribution in [1.82, 2.24) is 14.9 Å². The molecule has 0 saturated heterocycles. The number of hydrogen-bond donors (Lipinski definition) is 3. The zero-order valence-electron chi connectivity index (χ0n) is 9.06. The van der Waals surface area contributed by atoms with E-state index in [9.17, 15) is 0 Å². The van der Waals surface area contributed by atoms with E-state index in [1.54, 1.807) is 0 Å². The van der Waals surface area contributed by atoms with E-state index in [-0.39, 0.29) is 6.61 Å². The van der Waals surface area contributed by atoms with Gasteiger partial charge in [0.2, 0.25) is 0 Å². The quantitative estimate of drug-likeness (QED) is 0.535. The number of aryl methyl sites for hydroxylation is 2. The molecule has 0 aliphatic rings. The van der Waals surface area contributed by atoms with E-state index < -0.39 is 6.10 Å². The molecule has 1 unspecified atom stereocenters. The van der Waals surface area contributed by atoms with Crippen molar-refractivity contribution in [2.45, 2.75) is 26.0 Å². The van der Waals surface area contributed by atoms with Crippen molar-refractivity contribution in [3.05, 3.63) is 18.2 Å². The highest BCUT2D eigenvalue weighted by molar-refractivity contribution is 4.91. The molecular weight excluding hydrogens is 194 g/mol. The van der Waals surface area contributed by atoms with E-state index in [1.807, 2.05) is 24.0 Å². The predicted molar refractivity (Wildman–Crippen MR) is 57.5 cm³/mol. The summed E-state index contributed by atoms with van der Waals surface area (Å²) < 4.78 is 2.04. The first-order chi connectivity index (χ1) is 7.22. The second kappa shape index (κ2) is 6.55. The fraction of sp³-hybridized carbons (Fsp3) is 0.700. The van der Waals surface area contributed by atoms with Crippen molar-refractivity contribution in [1.29, 1.82) is 0 Å². The van der Waals surface area contributed by atoms with Crippen LogP contribution in [0.5, 0.6) is 0 Å². The molecule has 0 amide bonds. The van der Waals surface area contributed by atoms with Crippen molar-refractivity contribution < 1.29 is 10.2 Å². The van der Waals surface area contributed by atoms with Crippen LogP contribution >= 0.6 is 0 Å². The number of nitrogens with one attached hydrogen (secondary N) is 1. The van der Waals surface area contributed by atoms with E-state index in [2.05, 4.69) is 10.3 Å². The second-order valence-corrected chi connectivity index (χ2v) is 3.65. The van der Waals surface area contributed by atoms with Crippen molar-refractivity contribution in [3.63, 3.8) is 0 Å². The molecule has 5 heteroatoms. The highest BCUT2D eigenvalue weighted by Gasteiger charge is 1.99. The molecule has 1 rings (SSSR count). The lowest BCUT2D eigenvalue weighted by Crippen LogP contribution is -2.30. The normalized spacial score (nSPS) is 13.0. The number of aliphatic hydroxyl groups is 2. The van der Waals surface area contributed by atoms with Gasteiger partial charge in [-0.25, -0.2) is 4.98 Å². The maximum Gasteiger partial charge on any atom is 0.0949 e. The summed E-state index contributed by atoms with van der Waals surface area (Å²) in [6.45, 7) is 3.97. The van der Waals surface area contributed by atoms with Crippen molar-refractivity contribution >= 4 is 0 Å². The summed E-state index contributed by atoms with van der Waals surface area (Å²) in [5, 5.41) is 20.7. The second-order valence-electron chi connectivity index (χ2n) is 3.65. The predicted octanol–water partition coefficient (Wildman–Crippen LogP) is -0.476. The molecule has 15 heavy (non-hydrogen) atoms. The van der Waals surface area contributed by atoms with Crippen LogP contribution in [0.3, 0.4) is 0 Å². The van der Waals surface area contributed by atoms with Gasteiger partial charge in [-0.3, -0.25) is 0 Å². The van der Waals surface area contributed by atoms with Crippen molar-refractivity contribution in [2.75, 3.05) is 19.7 Å². The first-order valence-corrected chi connectivity index (χ1v) is 5.20. The number of rotatable bonds is 7. The van der Waals surface area contributed by atoms with Crippen LogP contribution in [0.2, 0.25) is 0 Å². The lowest BCUT2D eigenvalue weighted by atomic mass is 10.3. The third kappa shape index (κ3) is 4.92. The Kier molecular flexibility index (Phi) is 5.31. The molecule has 1 atom stereocenters. The zero-order chi connectivity index (χ0) is 11.1. The molecule has 1 heterocycles. The van der Waals surface area contributed by atoms with Crippen molar-refractivity contribution in [2.24, 2.45) is 0 Å². The van der Waals surface area contributed by atoms with Gasteiger partial charge in [0.05, 0.1) is 24.7 Å². The Labute approximate surface area is 89.8 Å². The first-order valence-electron chi connectivity index (χ1n) is 5.20. The van der Waals surface area contributed by atoms with Gasteiger partial charge >= 0.3 is 0 Å².